The van der Waals surface area contributed by atoms with E-state index in [-0.39, 0.29) is 0 Å². The Labute approximate surface area is 44.4 Å². The standard InChI is InChI=1S/C5H12N2/c1-5(2)3-7-4-6/h3,5H,4,6H2,1-2H3/b7-3-. The molecule has 42 valence electrons. The Hall–Kier alpha value is -0.370. The van der Waals surface area contributed by atoms with Gasteiger partial charge in [0.15, 0.2) is 0 Å². The summed E-state index contributed by atoms with van der Waals surface area (Å²) in [4.78, 5) is 3.82. The van der Waals surface area contributed by atoms with Gasteiger partial charge < -0.3 is 5.73 Å². The molecule has 0 aliphatic rings. The minimum Gasteiger partial charge on any atom is -0.312 e. The summed E-state index contributed by atoms with van der Waals surface area (Å²) in [5.74, 6) is 0.531. The molecule has 0 radical (unpaired) electrons. The Balaban J connectivity index is 3.08. The fourth-order valence-electron chi connectivity index (χ4n) is 0.272. The van der Waals surface area contributed by atoms with Gasteiger partial charge in [-0.1, -0.05) is 13.8 Å². The highest BCUT2D eigenvalue weighted by Gasteiger charge is 1.79. The van der Waals surface area contributed by atoms with E-state index in [9.17, 15) is 0 Å². The van der Waals surface area contributed by atoms with Crippen molar-refractivity contribution in [1.29, 1.82) is 0 Å². The van der Waals surface area contributed by atoms with Crippen molar-refractivity contribution in [2.75, 3.05) is 6.67 Å². The molecule has 0 spiro atoms. The molecule has 0 bridgehead atoms. The van der Waals surface area contributed by atoms with Crippen LogP contribution in [0.4, 0.5) is 0 Å². The van der Waals surface area contributed by atoms with E-state index in [0.29, 0.717) is 12.6 Å². The predicted molar refractivity (Wildman–Crippen MR) is 32.4 cm³/mol. The minimum atomic E-state index is 0.415. The van der Waals surface area contributed by atoms with E-state index in [1.54, 1.807) is 0 Å². The first-order valence-corrected chi connectivity index (χ1v) is 2.47. The molecule has 0 aliphatic heterocycles. The summed E-state index contributed by atoms with van der Waals surface area (Å²) in [5.41, 5.74) is 5.08. The van der Waals surface area contributed by atoms with E-state index < -0.39 is 0 Å². The first-order chi connectivity index (χ1) is 3.27. The molecule has 0 aromatic heterocycles. The maximum atomic E-state index is 5.08. The van der Waals surface area contributed by atoms with Crippen LogP contribution in [0.1, 0.15) is 13.8 Å². The molecule has 0 aromatic carbocycles. The molecule has 7 heavy (non-hydrogen) atoms. The zero-order chi connectivity index (χ0) is 5.70. The van der Waals surface area contributed by atoms with Gasteiger partial charge in [-0.2, -0.15) is 0 Å². The van der Waals surface area contributed by atoms with Crippen LogP contribution >= 0.6 is 0 Å². The monoisotopic (exact) mass is 100 g/mol. The lowest BCUT2D eigenvalue weighted by Gasteiger charge is -1.88. The third-order valence-corrected chi connectivity index (χ3v) is 0.509. The second-order valence-electron chi connectivity index (χ2n) is 1.76. The SMILES string of the molecule is CC(C)/C=N\CN. The third-order valence-electron chi connectivity index (χ3n) is 0.509. The summed E-state index contributed by atoms with van der Waals surface area (Å²) in [7, 11) is 0. The highest BCUT2D eigenvalue weighted by Crippen LogP contribution is 1.82. The summed E-state index contributed by atoms with van der Waals surface area (Å²) < 4.78 is 0. The molecule has 0 saturated heterocycles. The van der Waals surface area contributed by atoms with Crippen LogP contribution in [0.5, 0.6) is 0 Å². The molecule has 0 unspecified atom stereocenters. The largest absolute Gasteiger partial charge is 0.312 e. The van der Waals surface area contributed by atoms with E-state index in [2.05, 4.69) is 18.8 Å². The smallest absolute Gasteiger partial charge is 0.0855 e. The maximum Gasteiger partial charge on any atom is 0.0855 e. The molecule has 0 rings (SSSR count). The van der Waals surface area contributed by atoms with Crippen LogP contribution in [-0.2, 0) is 0 Å². The number of hydrogen-bond donors (Lipinski definition) is 1. The van der Waals surface area contributed by atoms with Crippen LogP contribution < -0.4 is 5.73 Å². The van der Waals surface area contributed by atoms with E-state index in [1.165, 1.54) is 0 Å². The molecule has 0 amide bonds. The zero-order valence-electron chi connectivity index (χ0n) is 4.89. The van der Waals surface area contributed by atoms with Crippen molar-refractivity contribution >= 4 is 6.21 Å². The van der Waals surface area contributed by atoms with Crippen molar-refractivity contribution < 1.29 is 0 Å². The van der Waals surface area contributed by atoms with E-state index >= 15 is 0 Å². The Morgan fingerprint density at radius 1 is 1.71 bits per heavy atom. The van der Waals surface area contributed by atoms with Crippen LogP contribution in [0.15, 0.2) is 4.99 Å². The number of nitrogens with zero attached hydrogens (tertiary/aromatic N) is 1. The number of aliphatic imine (C=N–C) groups is 1. The molecule has 2 nitrogen and oxygen atoms in total. The fraction of sp³-hybridized carbons (Fsp3) is 0.800. The van der Waals surface area contributed by atoms with Crippen LogP contribution in [0.3, 0.4) is 0 Å². The predicted octanol–water partition coefficient (Wildman–Crippen LogP) is 0.629. The molecule has 0 fully saturated rings. The van der Waals surface area contributed by atoms with Crippen molar-refractivity contribution in [3.05, 3.63) is 0 Å². The lowest BCUT2D eigenvalue weighted by Crippen LogP contribution is -1.96. The Bertz CT molecular complexity index is 57.1. The lowest BCUT2D eigenvalue weighted by atomic mass is 10.3. The molecule has 0 aromatic rings. The van der Waals surface area contributed by atoms with Crippen molar-refractivity contribution in [1.82, 2.24) is 0 Å². The Kier molecular flexibility index (Phi) is 3.61. The average molecular weight is 100 g/mol. The van der Waals surface area contributed by atoms with Crippen LogP contribution in [-0.4, -0.2) is 12.9 Å². The lowest BCUT2D eigenvalue weighted by molar-refractivity contribution is 0.893. The van der Waals surface area contributed by atoms with Gasteiger partial charge in [-0.25, -0.2) is 0 Å². The molecular formula is C5H12N2. The molecule has 0 atom stereocenters. The zero-order valence-corrected chi connectivity index (χ0v) is 4.89. The topological polar surface area (TPSA) is 38.4 Å². The fourth-order valence-corrected chi connectivity index (χ4v) is 0.272. The summed E-state index contributed by atoms with van der Waals surface area (Å²) >= 11 is 0. The molecule has 2 N–H and O–H groups in total. The van der Waals surface area contributed by atoms with Crippen LogP contribution in [0.25, 0.3) is 0 Å². The summed E-state index contributed by atoms with van der Waals surface area (Å²) in [6, 6.07) is 0. The number of hydrogen-bond acceptors (Lipinski definition) is 2. The van der Waals surface area contributed by atoms with Gasteiger partial charge in [0.25, 0.3) is 0 Å². The van der Waals surface area contributed by atoms with Gasteiger partial charge in [0.2, 0.25) is 0 Å². The van der Waals surface area contributed by atoms with Crippen LogP contribution in [0, 0.1) is 5.92 Å². The van der Waals surface area contributed by atoms with Gasteiger partial charge in [0.1, 0.15) is 0 Å². The van der Waals surface area contributed by atoms with Crippen LogP contribution in [0.2, 0.25) is 0 Å². The van der Waals surface area contributed by atoms with Gasteiger partial charge in [-0.3, -0.25) is 4.99 Å². The van der Waals surface area contributed by atoms with Crippen molar-refractivity contribution in [3.63, 3.8) is 0 Å². The first-order valence-electron chi connectivity index (χ1n) is 2.47. The molecule has 0 aliphatic carbocycles. The summed E-state index contributed by atoms with van der Waals surface area (Å²) in [5, 5.41) is 0. The van der Waals surface area contributed by atoms with Gasteiger partial charge in [0.05, 0.1) is 6.67 Å². The van der Waals surface area contributed by atoms with E-state index in [4.69, 9.17) is 5.73 Å². The van der Waals surface area contributed by atoms with Gasteiger partial charge in [0, 0.05) is 6.21 Å². The molecule has 0 heterocycles. The van der Waals surface area contributed by atoms with E-state index in [1.807, 2.05) is 6.21 Å². The number of rotatable bonds is 2. The highest BCUT2D eigenvalue weighted by molar-refractivity contribution is 5.59. The third kappa shape index (κ3) is 5.63. The van der Waals surface area contributed by atoms with Crippen molar-refractivity contribution in [2.45, 2.75) is 13.8 Å². The first kappa shape index (κ1) is 6.63. The number of nitrogens with two attached hydrogens (primary N) is 1. The van der Waals surface area contributed by atoms with Crippen molar-refractivity contribution in [3.8, 4) is 0 Å². The van der Waals surface area contributed by atoms with Gasteiger partial charge >= 0.3 is 0 Å². The average Bonchev–Trinajstić information content (AvgIpc) is 1.61. The second-order valence-corrected chi connectivity index (χ2v) is 1.76. The Morgan fingerprint density at radius 3 is 2.43 bits per heavy atom. The maximum absolute atomic E-state index is 5.08. The van der Waals surface area contributed by atoms with Gasteiger partial charge in [-0.15, -0.1) is 0 Å². The van der Waals surface area contributed by atoms with Gasteiger partial charge in [-0.05, 0) is 5.92 Å². The van der Waals surface area contributed by atoms with E-state index in [0.717, 1.165) is 0 Å². The summed E-state index contributed by atoms with van der Waals surface area (Å²) in [6.45, 7) is 4.55. The van der Waals surface area contributed by atoms with Crippen molar-refractivity contribution in [2.24, 2.45) is 16.6 Å². The normalized spacial score (nSPS) is 11.4. The highest BCUT2D eigenvalue weighted by atomic mass is 14.8. The second kappa shape index (κ2) is 3.81. The minimum absolute atomic E-state index is 0.415. The molecule has 2 heteroatoms. The Morgan fingerprint density at radius 2 is 2.29 bits per heavy atom. The summed E-state index contributed by atoms with van der Waals surface area (Å²) in [6.07, 6.45) is 1.85. The molecular weight excluding hydrogens is 88.1 g/mol. The quantitative estimate of drug-likeness (QED) is 0.508. The molecule has 0 saturated carbocycles.